The van der Waals surface area contributed by atoms with E-state index in [-0.39, 0.29) is 17.1 Å². The van der Waals surface area contributed by atoms with Crippen LogP contribution < -0.4 is 10.5 Å². The third-order valence-electron chi connectivity index (χ3n) is 2.92. The van der Waals surface area contributed by atoms with E-state index >= 15 is 0 Å². The minimum Gasteiger partial charge on any atom is -0.494 e. The summed E-state index contributed by atoms with van der Waals surface area (Å²) in [5.74, 6) is -1.39. The number of ether oxygens (including phenoxy) is 1. The minimum atomic E-state index is -1.01. The van der Waals surface area contributed by atoms with Crippen LogP contribution in [0.15, 0.2) is 34.7 Å². The largest absolute Gasteiger partial charge is 0.494 e. The summed E-state index contributed by atoms with van der Waals surface area (Å²) in [5.41, 5.74) is 6.89. The molecule has 0 amide bonds. The van der Waals surface area contributed by atoms with Gasteiger partial charge in [-0.2, -0.15) is 0 Å². The fourth-order valence-corrected chi connectivity index (χ4v) is 1.95. The van der Waals surface area contributed by atoms with Crippen molar-refractivity contribution in [3.63, 3.8) is 0 Å². The highest BCUT2D eigenvalue weighted by atomic mass is 19.2. The predicted molar refractivity (Wildman–Crippen MR) is 70.3 cm³/mol. The Kier molecular flexibility index (Phi) is 2.78. The average molecular weight is 276 g/mol. The van der Waals surface area contributed by atoms with Crippen molar-refractivity contribution >= 4 is 16.8 Å². The number of hydrogen-bond donors (Lipinski definition) is 1. The van der Waals surface area contributed by atoms with Crippen LogP contribution in [0.4, 0.5) is 14.5 Å². The second-order valence-corrected chi connectivity index (χ2v) is 4.18. The summed E-state index contributed by atoms with van der Waals surface area (Å²) < 4.78 is 37.1. The first kappa shape index (κ1) is 12.4. The van der Waals surface area contributed by atoms with E-state index in [4.69, 9.17) is 14.9 Å². The van der Waals surface area contributed by atoms with Gasteiger partial charge in [0.1, 0.15) is 5.75 Å². The van der Waals surface area contributed by atoms with Gasteiger partial charge in [0.05, 0.1) is 12.7 Å². The number of halogens is 2. The molecule has 3 aromatic rings. The number of anilines is 1. The molecule has 3 rings (SSSR count). The van der Waals surface area contributed by atoms with Crippen molar-refractivity contribution in [2.24, 2.45) is 0 Å². The first-order chi connectivity index (χ1) is 9.60. The zero-order valence-corrected chi connectivity index (χ0v) is 10.5. The van der Waals surface area contributed by atoms with E-state index in [1.54, 1.807) is 18.2 Å². The lowest BCUT2D eigenvalue weighted by Gasteiger charge is -2.02. The molecule has 0 aliphatic carbocycles. The summed E-state index contributed by atoms with van der Waals surface area (Å²) in [6, 6.07) is 7.02. The number of rotatable bonds is 2. The van der Waals surface area contributed by atoms with Gasteiger partial charge in [0.15, 0.2) is 22.7 Å². The Bertz CT molecular complexity index is 799. The van der Waals surface area contributed by atoms with Gasteiger partial charge in [-0.1, -0.05) is 6.07 Å². The number of nitrogens with two attached hydrogens (primary N) is 1. The molecule has 1 aromatic heterocycles. The number of nitrogen functional groups attached to an aromatic ring is 1. The predicted octanol–water partition coefficient (Wildman–Crippen LogP) is 3.36. The molecule has 20 heavy (non-hydrogen) atoms. The van der Waals surface area contributed by atoms with Crippen LogP contribution in [-0.2, 0) is 0 Å². The van der Waals surface area contributed by atoms with Gasteiger partial charge >= 0.3 is 0 Å². The van der Waals surface area contributed by atoms with Crippen LogP contribution in [0.2, 0.25) is 0 Å². The summed E-state index contributed by atoms with van der Waals surface area (Å²) in [7, 11) is 1.51. The SMILES string of the molecule is COc1cccc2oc(-c3cc(F)c(F)cc3N)nc12. The van der Waals surface area contributed by atoms with Crippen molar-refractivity contribution in [1.82, 2.24) is 4.98 Å². The smallest absolute Gasteiger partial charge is 0.229 e. The molecule has 102 valence electrons. The number of aromatic nitrogens is 1. The van der Waals surface area contributed by atoms with Crippen molar-refractivity contribution in [2.45, 2.75) is 0 Å². The van der Waals surface area contributed by atoms with Crippen LogP contribution in [-0.4, -0.2) is 12.1 Å². The van der Waals surface area contributed by atoms with Crippen LogP contribution >= 0.6 is 0 Å². The van der Waals surface area contributed by atoms with E-state index < -0.39 is 11.6 Å². The van der Waals surface area contributed by atoms with Crippen molar-refractivity contribution < 1.29 is 17.9 Å². The molecule has 1 heterocycles. The van der Waals surface area contributed by atoms with Crippen molar-refractivity contribution in [3.8, 4) is 17.2 Å². The lowest BCUT2D eigenvalue weighted by atomic mass is 10.1. The Balaban J connectivity index is 2.23. The van der Waals surface area contributed by atoms with Gasteiger partial charge in [0, 0.05) is 11.8 Å². The van der Waals surface area contributed by atoms with Crippen molar-refractivity contribution in [1.29, 1.82) is 0 Å². The molecule has 2 N–H and O–H groups in total. The Hall–Kier alpha value is -2.63. The molecule has 0 saturated heterocycles. The van der Waals surface area contributed by atoms with Crippen LogP contribution in [0.1, 0.15) is 0 Å². The number of para-hydroxylation sites is 1. The molecule has 4 nitrogen and oxygen atoms in total. The van der Waals surface area contributed by atoms with E-state index in [9.17, 15) is 8.78 Å². The molecule has 0 radical (unpaired) electrons. The highest BCUT2D eigenvalue weighted by Crippen LogP contribution is 2.33. The summed E-state index contributed by atoms with van der Waals surface area (Å²) in [6.45, 7) is 0. The van der Waals surface area contributed by atoms with E-state index in [1.807, 2.05) is 0 Å². The number of methoxy groups -OCH3 is 1. The first-order valence-electron chi connectivity index (χ1n) is 5.78. The molecule has 0 saturated carbocycles. The Morgan fingerprint density at radius 1 is 1.20 bits per heavy atom. The highest BCUT2D eigenvalue weighted by Gasteiger charge is 2.16. The fraction of sp³-hybridized carbons (Fsp3) is 0.0714. The molecule has 0 spiro atoms. The molecule has 0 atom stereocenters. The summed E-state index contributed by atoms with van der Waals surface area (Å²) >= 11 is 0. The lowest BCUT2D eigenvalue weighted by Crippen LogP contribution is -1.94. The van der Waals surface area contributed by atoms with Gasteiger partial charge < -0.3 is 14.9 Å². The maximum absolute atomic E-state index is 13.3. The van der Waals surface area contributed by atoms with Crippen molar-refractivity contribution in [3.05, 3.63) is 42.0 Å². The number of oxazole rings is 1. The van der Waals surface area contributed by atoms with Gasteiger partial charge in [0.2, 0.25) is 5.89 Å². The van der Waals surface area contributed by atoms with Crippen LogP contribution in [0.25, 0.3) is 22.6 Å². The molecule has 0 aliphatic rings. The first-order valence-corrected chi connectivity index (χ1v) is 5.78. The van der Waals surface area contributed by atoms with Crippen molar-refractivity contribution in [2.75, 3.05) is 12.8 Å². The quantitative estimate of drug-likeness (QED) is 0.729. The topological polar surface area (TPSA) is 61.3 Å². The van der Waals surface area contributed by atoms with E-state index in [1.165, 1.54) is 7.11 Å². The van der Waals surface area contributed by atoms with Gasteiger partial charge in [-0.05, 0) is 18.2 Å². The monoisotopic (exact) mass is 276 g/mol. The van der Waals surface area contributed by atoms with Crippen LogP contribution in [0.3, 0.4) is 0 Å². The molecule has 6 heteroatoms. The van der Waals surface area contributed by atoms with E-state index in [0.29, 0.717) is 16.8 Å². The summed E-state index contributed by atoms with van der Waals surface area (Å²) in [5, 5.41) is 0. The molecule has 0 aliphatic heterocycles. The van der Waals surface area contributed by atoms with Gasteiger partial charge in [0.25, 0.3) is 0 Å². The zero-order chi connectivity index (χ0) is 14.3. The minimum absolute atomic E-state index is 0.0504. The molecular weight excluding hydrogens is 266 g/mol. The standard InChI is InChI=1S/C14H10F2N2O2/c1-19-11-3-2-4-12-13(11)18-14(20-12)7-5-8(15)9(16)6-10(7)17/h2-6H,17H2,1H3. The number of nitrogens with zero attached hydrogens (tertiary/aromatic N) is 1. The average Bonchev–Trinajstić information content (AvgIpc) is 2.86. The van der Waals surface area contributed by atoms with Crippen LogP contribution in [0, 0.1) is 11.6 Å². The Morgan fingerprint density at radius 3 is 2.70 bits per heavy atom. The maximum Gasteiger partial charge on any atom is 0.229 e. The van der Waals surface area contributed by atoms with E-state index in [0.717, 1.165) is 12.1 Å². The highest BCUT2D eigenvalue weighted by molar-refractivity contribution is 5.84. The fourth-order valence-electron chi connectivity index (χ4n) is 1.95. The maximum atomic E-state index is 13.3. The Morgan fingerprint density at radius 2 is 1.95 bits per heavy atom. The summed E-state index contributed by atoms with van der Waals surface area (Å²) in [6.07, 6.45) is 0. The lowest BCUT2D eigenvalue weighted by molar-refractivity contribution is 0.419. The number of hydrogen-bond acceptors (Lipinski definition) is 4. The second-order valence-electron chi connectivity index (χ2n) is 4.18. The zero-order valence-electron chi connectivity index (χ0n) is 10.5. The number of fused-ring (bicyclic) bond motifs is 1. The van der Waals surface area contributed by atoms with Gasteiger partial charge in [-0.15, -0.1) is 0 Å². The normalized spacial score (nSPS) is 10.9. The second kappa shape index (κ2) is 4.48. The molecular formula is C14H10F2N2O2. The Labute approximate surface area is 112 Å². The third-order valence-corrected chi connectivity index (χ3v) is 2.92. The van der Waals surface area contributed by atoms with Crippen LogP contribution in [0.5, 0.6) is 5.75 Å². The van der Waals surface area contributed by atoms with Gasteiger partial charge in [-0.3, -0.25) is 0 Å². The third kappa shape index (κ3) is 1.85. The van der Waals surface area contributed by atoms with E-state index in [2.05, 4.69) is 4.98 Å². The number of benzene rings is 2. The molecule has 0 fully saturated rings. The molecule has 0 bridgehead atoms. The van der Waals surface area contributed by atoms with Gasteiger partial charge in [-0.25, -0.2) is 13.8 Å². The summed E-state index contributed by atoms with van der Waals surface area (Å²) in [4.78, 5) is 4.22. The molecule has 2 aromatic carbocycles. The molecule has 0 unspecified atom stereocenters.